The third kappa shape index (κ3) is 1.86. The van der Waals surface area contributed by atoms with Gasteiger partial charge in [-0.3, -0.25) is 4.68 Å². The first kappa shape index (κ1) is 10.9. The monoisotopic (exact) mass is 244 g/mol. The maximum absolute atomic E-state index is 9.03. The molecular weight excluding hydrogens is 232 g/mol. The van der Waals surface area contributed by atoms with E-state index in [9.17, 15) is 0 Å². The van der Waals surface area contributed by atoms with Gasteiger partial charge in [-0.15, -0.1) is 0 Å². The van der Waals surface area contributed by atoms with Crippen LogP contribution in [0.5, 0.6) is 0 Å². The summed E-state index contributed by atoms with van der Waals surface area (Å²) < 4.78 is 6.83. The van der Waals surface area contributed by atoms with Crippen molar-refractivity contribution in [3.8, 4) is 0 Å². The molecule has 92 valence electrons. The van der Waals surface area contributed by atoms with Crippen LogP contribution in [0.15, 0.2) is 28.9 Å². The number of aryl methyl sites for hydroxylation is 1. The molecule has 0 fully saturated rings. The predicted octanol–water partition coefficient (Wildman–Crippen LogP) is 1.27. The van der Waals surface area contributed by atoms with E-state index in [1.807, 2.05) is 19.1 Å². The van der Waals surface area contributed by atoms with Crippen LogP contribution in [-0.4, -0.2) is 25.0 Å². The molecule has 0 bridgehead atoms. The van der Waals surface area contributed by atoms with Crippen molar-refractivity contribution in [2.24, 2.45) is 0 Å². The van der Waals surface area contributed by atoms with Gasteiger partial charge in [0.25, 0.3) is 0 Å². The Morgan fingerprint density at radius 2 is 2.22 bits per heavy atom. The lowest BCUT2D eigenvalue weighted by molar-refractivity contribution is 0.277. The fourth-order valence-corrected chi connectivity index (χ4v) is 1.87. The molecule has 0 amide bonds. The molecule has 0 atom stereocenters. The Morgan fingerprint density at radius 1 is 1.33 bits per heavy atom. The molecule has 0 aromatic carbocycles. The van der Waals surface area contributed by atoms with Gasteiger partial charge < -0.3 is 9.63 Å². The SMILES string of the molecule is Cc1cc(Cn2ncc3nc(CO)ccc32)no1. The summed E-state index contributed by atoms with van der Waals surface area (Å²) in [5.41, 5.74) is 3.14. The largest absolute Gasteiger partial charge is 0.390 e. The van der Waals surface area contributed by atoms with Crippen LogP contribution < -0.4 is 0 Å². The quantitative estimate of drug-likeness (QED) is 0.750. The third-order valence-electron chi connectivity index (χ3n) is 2.71. The summed E-state index contributed by atoms with van der Waals surface area (Å²) in [6.07, 6.45) is 1.68. The normalized spacial score (nSPS) is 11.2. The minimum Gasteiger partial charge on any atom is -0.390 e. The highest BCUT2D eigenvalue weighted by Crippen LogP contribution is 2.14. The molecule has 0 unspecified atom stereocenters. The van der Waals surface area contributed by atoms with Crippen LogP contribution in [0.4, 0.5) is 0 Å². The smallest absolute Gasteiger partial charge is 0.133 e. The molecule has 18 heavy (non-hydrogen) atoms. The van der Waals surface area contributed by atoms with Crippen LogP contribution in [0, 0.1) is 6.92 Å². The summed E-state index contributed by atoms with van der Waals surface area (Å²) in [6, 6.07) is 5.56. The van der Waals surface area contributed by atoms with Crippen LogP contribution in [0.1, 0.15) is 17.1 Å². The number of fused-ring (bicyclic) bond motifs is 1. The number of pyridine rings is 1. The van der Waals surface area contributed by atoms with Crippen LogP contribution in [0.2, 0.25) is 0 Å². The molecule has 0 saturated carbocycles. The summed E-state index contributed by atoms with van der Waals surface area (Å²) in [5, 5.41) is 17.2. The Kier molecular flexibility index (Phi) is 2.56. The standard InChI is InChI=1S/C12H12N4O2/c1-8-4-10(15-18-8)6-16-12-3-2-9(7-17)14-11(12)5-13-16/h2-5,17H,6-7H2,1H3. The Morgan fingerprint density at radius 3 is 2.94 bits per heavy atom. The summed E-state index contributed by atoms with van der Waals surface area (Å²) in [4.78, 5) is 4.28. The number of nitrogens with zero attached hydrogens (tertiary/aromatic N) is 4. The second-order valence-electron chi connectivity index (χ2n) is 4.10. The van der Waals surface area contributed by atoms with Gasteiger partial charge in [0.15, 0.2) is 0 Å². The van der Waals surface area contributed by atoms with E-state index < -0.39 is 0 Å². The molecular formula is C12H12N4O2. The summed E-state index contributed by atoms with van der Waals surface area (Å²) in [7, 11) is 0. The zero-order chi connectivity index (χ0) is 12.5. The zero-order valence-corrected chi connectivity index (χ0v) is 9.87. The van der Waals surface area contributed by atoms with Crippen molar-refractivity contribution in [3.05, 3.63) is 41.5 Å². The lowest BCUT2D eigenvalue weighted by atomic mass is 10.3. The molecule has 6 nitrogen and oxygen atoms in total. The van der Waals surface area contributed by atoms with Gasteiger partial charge in [0.1, 0.15) is 17.0 Å². The topological polar surface area (TPSA) is 77.0 Å². The Labute approximate surface area is 103 Å². The zero-order valence-electron chi connectivity index (χ0n) is 9.87. The minimum absolute atomic E-state index is 0.0659. The van der Waals surface area contributed by atoms with E-state index >= 15 is 0 Å². The molecule has 3 aromatic rings. The number of hydrogen-bond acceptors (Lipinski definition) is 5. The number of aliphatic hydroxyl groups excluding tert-OH is 1. The van der Waals surface area contributed by atoms with Crippen molar-refractivity contribution in [1.82, 2.24) is 19.9 Å². The molecule has 3 aromatic heterocycles. The lowest BCUT2D eigenvalue weighted by Gasteiger charge is -2.00. The van der Waals surface area contributed by atoms with E-state index in [1.54, 1.807) is 16.9 Å². The maximum Gasteiger partial charge on any atom is 0.133 e. The van der Waals surface area contributed by atoms with Crippen LogP contribution >= 0.6 is 0 Å². The third-order valence-corrected chi connectivity index (χ3v) is 2.71. The first-order chi connectivity index (χ1) is 8.76. The van der Waals surface area contributed by atoms with Crippen LogP contribution in [0.3, 0.4) is 0 Å². The summed E-state index contributed by atoms with van der Waals surface area (Å²) >= 11 is 0. The van der Waals surface area contributed by atoms with E-state index in [4.69, 9.17) is 9.63 Å². The molecule has 3 heterocycles. The van der Waals surface area contributed by atoms with Gasteiger partial charge in [-0.05, 0) is 19.1 Å². The molecule has 3 rings (SSSR count). The highest BCUT2D eigenvalue weighted by molar-refractivity contribution is 5.74. The molecule has 0 spiro atoms. The average Bonchev–Trinajstić information content (AvgIpc) is 2.96. The highest BCUT2D eigenvalue weighted by Gasteiger charge is 2.07. The lowest BCUT2D eigenvalue weighted by Crippen LogP contribution is -2.01. The van der Waals surface area contributed by atoms with Gasteiger partial charge >= 0.3 is 0 Å². The first-order valence-corrected chi connectivity index (χ1v) is 5.61. The van der Waals surface area contributed by atoms with Crippen molar-refractivity contribution < 1.29 is 9.63 Å². The number of aliphatic hydroxyl groups is 1. The number of rotatable bonds is 3. The Bertz CT molecular complexity index is 686. The van der Waals surface area contributed by atoms with Gasteiger partial charge in [-0.25, -0.2) is 4.98 Å². The molecule has 0 radical (unpaired) electrons. The molecule has 6 heteroatoms. The van der Waals surface area contributed by atoms with Gasteiger partial charge in [0, 0.05) is 6.07 Å². The molecule has 0 saturated heterocycles. The van der Waals surface area contributed by atoms with Gasteiger partial charge in [0.2, 0.25) is 0 Å². The molecule has 0 aliphatic rings. The second kappa shape index (κ2) is 4.23. The van der Waals surface area contributed by atoms with Crippen LogP contribution in [0.25, 0.3) is 11.0 Å². The average molecular weight is 244 g/mol. The Balaban J connectivity index is 1.97. The van der Waals surface area contributed by atoms with E-state index in [0.29, 0.717) is 12.2 Å². The highest BCUT2D eigenvalue weighted by atomic mass is 16.5. The number of hydrogen-bond donors (Lipinski definition) is 1. The van der Waals surface area contributed by atoms with Gasteiger partial charge in [0.05, 0.1) is 30.6 Å². The van der Waals surface area contributed by atoms with E-state index in [2.05, 4.69) is 15.2 Å². The van der Waals surface area contributed by atoms with Crippen molar-refractivity contribution in [3.63, 3.8) is 0 Å². The fourth-order valence-electron chi connectivity index (χ4n) is 1.87. The minimum atomic E-state index is -0.0659. The van der Waals surface area contributed by atoms with Gasteiger partial charge in [-0.2, -0.15) is 5.10 Å². The second-order valence-corrected chi connectivity index (χ2v) is 4.10. The predicted molar refractivity (Wildman–Crippen MR) is 63.8 cm³/mol. The molecule has 0 aliphatic heterocycles. The maximum atomic E-state index is 9.03. The van der Waals surface area contributed by atoms with Crippen molar-refractivity contribution >= 4 is 11.0 Å². The first-order valence-electron chi connectivity index (χ1n) is 5.61. The van der Waals surface area contributed by atoms with Gasteiger partial charge in [-0.1, -0.05) is 5.16 Å². The van der Waals surface area contributed by atoms with E-state index in [1.165, 1.54) is 0 Å². The van der Waals surface area contributed by atoms with E-state index in [-0.39, 0.29) is 6.61 Å². The summed E-state index contributed by atoms with van der Waals surface area (Å²) in [6.45, 7) is 2.33. The molecule has 0 aliphatic carbocycles. The fraction of sp³-hybridized carbons (Fsp3) is 0.250. The van der Waals surface area contributed by atoms with E-state index in [0.717, 1.165) is 22.5 Å². The number of aromatic nitrogens is 4. The van der Waals surface area contributed by atoms with Crippen molar-refractivity contribution in [1.29, 1.82) is 0 Å². The summed E-state index contributed by atoms with van der Waals surface area (Å²) in [5.74, 6) is 0.780. The van der Waals surface area contributed by atoms with Crippen molar-refractivity contribution in [2.45, 2.75) is 20.1 Å². The molecule has 1 N–H and O–H groups in total. The van der Waals surface area contributed by atoms with Crippen LogP contribution in [-0.2, 0) is 13.2 Å². The van der Waals surface area contributed by atoms with Crippen molar-refractivity contribution in [2.75, 3.05) is 0 Å². The Hall–Kier alpha value is -2.21.